The average molecular weight is 353 g/mol. The van der Waals surface area contributed by atoms with Gasteiger partial charge in [0.15, 0.2) is 0 Å². The summed E-state index contributed by atoms with van der Waals surface area (Å²) in [7, 11) is 0. The largest absolute Gasteiger partial charge is 0.339 e. The zero-order valence-electron chi connectivity index (χ0n) is 12.7. The molecule has 21 heavy (non-hydrogen) atoms. The zero-order valence-corrected chi connectivity index (χ0v) is 14.3. The fourth-order valence-corrected chi connectivity index (χ4v) is 3.61. The van der Waals surface area contributed by atoms with Gasteiger partial charge in [0.1, 0.15) is 0 Å². The van der Waals surface area contributed by atoms with Crippen LogP contribution in [-0.4, -0.2) is 29.9 Å². The van der Waals surface area contributed by atoms with Crippen LogP contribution >= 0.6 is 15.9 Å². The highest BCUT2D eigenvalue weighted by Crippen LogP contribution is 2.28. The summed E-state index contributed by atoms with van der Waals surface area (Å²) in [4.78, 5) is 14.7. The topological polar surface area (TPSA) is 46.3 Å². The van der Waals surface area contributed by atoms with Crippen molar-refractivity contribution < 1.29 is 4.79 Å². The number of rotatable bonds is 5. The van der Waals surface area contributed by atoms with Gasteiger partial charge in [0.25, 0.3) is 0 Å². The lowest BCUT2D eigenvalue weighted by Crippen LogP contribution is -2.48. The van der Waals surface area contributed by atoms with Crippen molar-refractivity contribution in [3.63, 3.8) is 0 Å². The van der Waals surface area contributed by atoms with E-state index >= 15 is 0 Å². The number of halogens is 1. The molecule has 2 rings (SSSR count). The second kappa shape index (κ2) is 7.95. The lowest BCUT2D eigenvalue weighted by atomic mass is 9.83. The minimum atomic E-state index is 0.227. The Morgan fingerprint density at radius 3 is 2.57 bits per heavy atom. The molecule has 0 bridgehead atoms. The maximum Gasteiger partial charge on any atom is 0.227 e. The van der Waals surface area contributed by atoms with Gasteiger partial charge >= 0.3 is 0 Å². The Bertz CT molecular complexity index is 460. The molecule has 0 saturated heterocycles. The van der Waals surface area contributed by atoms with Crippen LogP contribution in [0.2, 0.25) is 0 Å². The number of benzene rings is 1. The molecule has 1 amide bonds. The fourth-order valence-electron chi connectivity index (χ4n) is 3.35. The minimum absolute atomic E-state index is 0.227. The van der Waals surface area contributed by atoms with Crippen molar-refractivity contribution >= 4 is 21.8 Å². The highest BCUT2D eigenvalue weighted by molar-refractivity contribution is 9.10. The van der Waals surface area contributed by atoms with Crippen molar-refractivity contribution in [2.75, 3.05) is 13.1 Å². The molecule has 0 spiro atoms. The number of carbonyl (C=O) groups is 1. The predicted octanol–water partition coefficient (Wildman–Crippen LogP) is 3.36. The van der Waals surface area contributed by atoms with Gasteiger partial charge in [0, 0.05) is 17.1 Å². The predicted molar refractivity (Wildman–Crippen MR) is 90.0 cm³/mol. The Morgan fingerprint density at radius 1 is 1.29 bits per heavy atom. The number of nitrogens with two attached hydrogens (primary N) is 1. The summed E-state index contributed by atoms with van der Waals surface area (Å²) in [6.07, 6.45) is 5.19. The third-order valence-corrected chi connectivity index (χ3v) is 5.03. The number of amides is 1. The van der Waals surface area contributed by atoms with Crippen LogP contribution in [0.15, 0.2) is 28.7 Å². The Labute approximate surface area is 136 Å². The molecule has 2 unspecified atom stereocenters. The molecule has 0 radical (unpaired) electrons. The van der Waals surface area contributed by atoms with E-state index in [1.807, 2.05) is 24.3 Å². The number of nitrogens with zero attached hydrogens (tertiary/aromatic N) is 1. The Balaban J connectivity index is 2.05. The van der Waals surface area contributed by atoms with E-state index < -0.39 is 0 Å². The van der Waals surface area contributed by atoms with E-state index in [1.165, 1.54) is 12.8 Å². The van der Waals surface area contributed by atoms with Crippen LogP contribution in [0.4, 0.5) is 0 Å². The lowest BCUT2D eigenvalue weighted by molar-refractivity contribution is -0.134. The summed E-state index contributed by atoms with van der Waals surface area (Å²) in [6, 6.07) is 8.33. The monoisotopic (exact) mass is 352 g/mol. The molecule has 0 heterocycles. The summed E-state index contributed by atoms with van der Waals surface area (Å²) >= 11 is 3.42. The standard InChI is InChI=1S/C17H25BrN2O/c1-2-20(16-6-4-3-5-14(16)12-19)17(21)11-13-7-9-15(18)10-8-13/h7-10,14,16H,2-6,11-12,19H2,1H3. The molecule has 1 aliphatic carbocycles. The van der Waals surface area contributed by atoms with Crippen molar-refractivity contribution in [1.82, 2.24) is 4.90 Å². The van der Waals surface area contributed by atoms with Crippen LogP contribution in [0, 0.1) is 5.92 Å². The summed E-state index contributed by atoms with van der Waals surface area (Å²) in [6.45, 7) is 3.53. The summed E-state index contributed by atoms with van der Waals surface area (Å²) in [5, 5.41) is 0. The maximum atomic E-state index is 12.7. The first-order valence-corrected chi connectivity index (χ1v) is 8.69. The molecule has 1 aromatic rings. The van der Waals surface area contributed by atoms with E-state index in [0.717, 1.165) is 29.4 Å². The third kappa shape index (κ3) is 4.30. The first kappa shape index (κ1) is 16.5. The summed E-state index contributed by atoms with van der Waals surface area (Å²) < 4.78 is 1.04. The molecular formula is C17H25BrN2O. The molecule has 0 aromatic heterocycles. The highest BCUT2D eigenvalue weighted by atomic mass is 79.9. The molecule has 0 aliphatic heterocycles. The molecule has 3 nitrogen and oxygen atoms in total. The highest BCUT2D eigenvalue weighted by Gasteiger charge is 2.31. The van der Waals surface area contributed by atoms with E-state index in [1.54, 1.807) is 0 Å². The Kier molecular flexibility index (Phi) is 6.24. The number of likely N-dealkylation sites (N-methyl/N-ethyl adjacent to an activating group) is 1. The molecule has 1 fully saturated rings. The fraction of sp³-hybridized carbons (Fsp3) is 0.588. The third-order valence-electron chi connectivity index (χ3n) is 4.50. The van der Waals surface area contributed by atoms with Crippen molar-refractivity contribution in [3.8, 4) is 0 Å². The number of carbonyl (C=O) groups excluding carboxylic acids is 1. The van der Waals surface area contributed by atoms with Crippen LogP contribution in [0.5, 0.6) is 0 Å². The number of hydrogen-bond acceptors (Lipinski definition) is 2. The van der Waals surface area contributed by atoms with E-state index in [4.69, 9.17) is 5.73 Å². The van der Waals surface area contributed by atoms with Gasteiger partial charge in [-0.3, -0.25) is 4.79 Å². The van der Waals surface area contributed by atoms with E-state index in [-0.39, 0.29) is 5.91 Å². The van der Waals surface area contributed by atoms with Gasteiger partial charge in [-0.2, -0.15) is 0 Å². The van der Waals surface area contributed by atoms with Crippen LogP contribution in [0.25, 0.3) is 0 Å². The van der Waals surface area contributed by atoms with Crippen molar-refractivity contribution in [2.45, 2.75) is 45.1 Å². The van der Waals surface area contributed by atoms with Crippen LogP contribution in [0.1, 0.15) is 38.2 Å². The summed E-state index contributed by atoms with van der Waals surface area (Å²) in [5.74, 6) is 0.692. The smallest absolute Gasteiger partial charge is 0.227 e. The van der Waals surface area contributed by atoms with Gasteiger partial charge in [-0.15, -0.1) is 0 Å². The Hall–Kier alpha value is -0.870. The molecule has 1 saturated carbocycles. The zero-order chi connectivity index (χ0) is 15.2. The second-order valence-corrected chi connectivity index (χ2v) is 6.75. The van der Waals surface area contributed by atoms with Crippen LogP contribution in [-0.2, 0) is 11.2 Å². The van der Waals surface area contributed by atoms with Gasteiger partial charge in [0.2, 0.25) is 5.91 Å². The molecule has 1 aromatic carbocycles. The molecule has 2 N–H and O–H groups in total. The lowest BCUT2D eigenvalue weighted by Gasteiger charge is -2.39. The Morgan fingerprint density at radius 2 is 1.95 bits per heavy atom. The quantitative estimate of drug-likeness (QED) is 0.882. The van der Waals surface area contributed by atoms with Gasteiger partial charge < -0.3 is 10.6 Å². The molecular weight excluding hydrogens is 328 g/mol. The molecule has 1 aliphatic rings. The van der Waals surface area contributed by atoms with E-state index in [0.29, 0.717) is 24.9 Å². The van der Waals surface area contributed by atoms with E-state index in [9.17, 15) is 4.79 Å². The van der Waals surface area contributed by atoms with Gasteiger partial charge in [0.05, 0.1) is 6.42 Å². The van der Waals surface area contributed by atoms with E-state index in [2.05, 4.69) is 27.8 Å². The first-order valence-electron chi connectivity index (χ1n) is 7.89. The summed E-state index contributed by atoms with van der Waals surface area (Å²) in [5.41, 5.74) is 6.98. The van der Waals surface area contributed by atoms with Crippen LogP contribution in [0.3, 0.4) is 0 Å². The van der Waals surface area contributed by atoms with Crippen molar-refractivity contribution in [1.29, 1.82) is 0 Å². The van der Waals surface area contributed by atoms with Gasteiger partial charge in [-0.1, -0.05) is 40.9 Å². The van der Waals surface area contributed by atoms with Crippen molar-refractivity contribution in [2.24, 2.45) is 11.7 Å². The number of hydrogen-bond donors (Lipinski definition) is 1. The minimum Gasteiger partial charge on any atom is -0.339 e. The molecule has 116 valence electrons. The molecule has 4 heteroatoms. The molecule has 2 atom stereocenters. The van der Waals surface area contributed by atoms with Crippen molar-refractivity contribution in [3.05, 3.63) is 34.3 Å². The van der Waals surface area contributed by atoms with Gasteiger partial charge in [-0.05, 0) is 49.9 Å². The SMILES string of the molecule is CCN(C(=O)Cc1ccc(Br)cc1)C1CCCCC1CN. The van der Waals surface area contributed by atoms with Gasteiger partial charge in [-0.25, -0.2) is 0 Å². The van der Waals surface area contributed by atoms with Crippen LogP contribution < -0.4 is 5.73 Å². The second-order valence-electron chi connectivity index (χ2n) is 5.83. The average Bonchev–Trinajstić information content (AvgIpc) is 2.51. The normalized spacial score (nSPS) is 22.0. The maximum absolute atomic E-state index is 12.7. The first-order chi connectivity index (χ1) is 10.2.